The number of nitrogens with zero attached hydrogens (tertiary/aromatic N) is 4. The van der Waals surface area contributed by atoms with Crippen molar-refractivity contribution in [1.29, 1.82) is 0 Å². The van der Waals surface area contributed by atoms with E-state index in [4.69, 9.17) is 4.74 Å². The molecule has 2 aliphatic rings. The van der Waals surface area contributed by atoms with Crippen molar-refractivity contribution in [3.63, 3.8) is 0 Å². The molecule has 0 atom stereocenters. The molecule has 0 radical (unpaired) electrons. The van der Waals surface area contributed by atoms with E-state index >= 15 is 0 Å². The summed E-state index contributed by atoms with van der Waals surface area (Å²) in [5, 5.41) is 0. The topological polar surface area (TPSA) is 89.6 Å². The number of imidazole rings is 1. The number of hydrogen-bond acceptors (Lipinski definition) is 5. The third-order valence-electron chi connectivity index (χ3n) is 4.80. The van der Waals surface area contributed by atoms with E-state index in [0.29, 0.717) is 11.2 Å². The summed E-state index contributed by atoms with van der Waals surface area (Å²) in [7, 11) is 1.63. The highest BCUT2D eigenvalue weighted by molar-refractivity contribution is 5.75. The Kier molecular flexibility index (Phi) is 3.46. The number of morpholine rings is 1. The van der Waals surface area contributed by atoms with E-state index in [1.54, 1.807) is 7.05 Å². The van der Waals surface area contributed by atoms with Crippen LogP contribution >= 0.6 is 0 Å². The van der Waals surface area contributed by atoms with Gasteiger partial charge in [0, 0.05) is 20.1 Å². The zero-order valence-corrected chi connectivity index (χ0v) is 13.2. The number of aromatic nitrogens is 4. The Hall–Kier alpha value is -2.13. The lowest BCUT2D eigenvalue weighted by Crippen LogP contribution is -3.14. The molecule has 9 nitrogen and oxygen atoms in total. The van der Waals surface area contributed by atoms with Crippen LogP contribution in [-0.4, -0.2) is 65.0 Å². The third kappa shape index (κ3) is 2.36. The molecule has 23 heavy (non-hydrogen) atoms. The lowest BCUT2D eigenvalue weighted by Gasteiger charge is -2.25. The van der Waals surface area contributed by atoms with E-state index in [0.717, 1.165) is 58.4 Å². The number of quaternary nitrogens is 1. The van der Waals surface area contributed by atoms with Gasteiger partial charge in [0.05, 0.1) is 26.3 Å². The van der Waals surface area contributed by atoms with Crippen LogP contribution in [0.1, 0.15) is 0 Å². The minimum absolute atomic E-state index is 0.359. The predicted octanol–water partition coefficient (Wildman–Crippen LogP) is -2.84. The zero-order valence-electron chi connectivity index (χ0n) is 13.2. The Bertz CT molecular complexity index is 845. The third-order valence-corrected chi connectivity index (χ3v) is 4.80. The molecular weight excluding hydrogens is 300 g/mol. The second-order valence-corrected chi connectivity index (χ2v) is 6.15. The van der Waals surface area contributed by atoms with Crippen molar-refractivity contribution in [3.05, 3.63) is 20.8 Å². The second kappa shape index (κ2) is 5.50. The van der Waals surface area contributed by atoms with Crippen molar-refractivity contribution in [2.24, 2.45) is 7.05 Å². The Morgan fingerprint density at radius 2 is 2.04 bits per heavy atom. The largest absolute Gasteiger partial charge is 0.370 e. The summed E-state index contributed by atoms with van der Waals surface area (Å²) >= 11 is 0. The van der Waals surface area contributed by atoms with Gasteiger partial charge in [-0.05, 0) is 0 Å². The second-order valence-electron chi connectivity index (χ2n) is 6.15. The predicted molar refractivity (Wildman–Crippen MR) is 84.2 cm³/mol. The number of aryl methyl sites for hydroxylation is 1. The van der Waals surface area contributed by atoms with Crippen molar-refractivity contribution in [2.75, 3.05) is 50.8 Å². The van der Waals surface area contributed by atoms with E-state index in [2.05, 4.69) is 14.9 Å². The van der Waals surface area contributed by atoms with Crippen molar-refractivity contribution in [1.82, 2.24) is 19.1 Å². The van der Waals surface area contributed by atoms with Crippen LogP contribution in [0.25, 0.3) is 11.2 Å². The number of nitrogens with one attached hydrogen (secondary N) is 2. The zero-order chi connectivity index (χ0) is 16.0. The SMILES string of the molecule is Cn1c(=O)[nH]c(=O)c2c1nc1n2CCN1CC[NH+]1CCOCC1. The summed E-state index contributed by atoms with van der Waals surface area (Å²) < 4.78 is 8.70. The van der Waals surface area contributed by atoms with Gasteiger partial charge in [-0.1, -0.05) is 0 Å². The highest BCUT2D eigenvalue weighted by atomic mass is 16.5. The van der Waals surface area contributed by atoms with Crippen molar-refractivity contribution < 1.29 is 9.64 Å². The summed E-state index contributed by atoms with van der Waals surface area (Å²) in [5.74, 6) is 0.791. The quantitative estimate of drug-likeness (QED) is 0.636. The maximum absolute atomic E-state index is 12.1. The fraction of sp³-hybridized carbons (Fsp3) is 0.643. The first-order valence-corrected chi connectivity index (χ1v) is 8.01. The molecule has 2 aromatic heterocycles. The number of hydrogen-bond donors (Lipinski definition) is 2. The molecule has 1 saturated heterocycles. The fourth-order valence-electron chi connectivity index (χ4n) is 3.41. The first-order chi connectivity index (χ1) is 11.1. The molecule has 2 N–H and O–H groups in total. The van der Waals surface area contributed by atoms with Crippen LogP contribution in [0.15, 0.2) is 9.59 Å². The molecule has 9 heteroatoms. The minimum atomic E-state index is -0.427. The molecule has 0 amide bonds. The molecule has 1 fully saturated rings. The average molecular weight is 321 g/mol. The standard InChI is InChI=1S/C14H20N6O3/c1-17-11-10(12(21)16-14(17)22)20-5-4-19(13(20)15-11)3-2-18-6-8-23-9-7-18/h2-9H2,1H3,(H,16,21,22)/p+1. The number of ether oxygens (including phenoxy) is 1. The van der Waals surface area contributed by atoms with Crippen LogP contribution in [0.5, 0.6) is 0 Å². The van der Waals surface area contributed by atoms with Gasteiger partial charge >= 0.3 is 5.69 Å². The van der Waals surface area contributed by atoms with E-state index in [1.165, 1.54) is 9.47 Å². The van der Waals surface area contributed by atoms with E-state index in [9.17, 15) is 9.59 Å². The molecule has 0 spiro atoms. The summed E-state index contributed by atoms with van der Waals surface area (Å²) in [6, 6.07) is 0. The van der Waals surface area contributed by atoms with Crippen LogP contribution in [0.4, 0.5) is 5.95 Å². The van der Waals surface area contributed by atoms with E-state index < -0.39 is 5.69 Å². The van der Waals surface area contributed by atoms with Gasteiger partial charge in [0.1, 0.15) is 13.1 Å². The van der Waals surface area contributed by atoms with E-state index in [1.807, 2.05) is 4.57 Å². The minimum Gasteiger partial charge on any atom is -0.370 e. The average Bonchev–Trinajstić information content (AvgIpc) is 3.11. The first kappa shape index (κ1) is 14.5. The van der Waals surface area contributed by atoms with Crippen molar-refractivity contribution in [2.45, 2.75) is 6.54 Å². The van der Waals surface area contributed by atoms with Gasteiger partial charge in [0.15, 0.2) is 11.2 Å². The van der Waals surface area contributed by atoms with E-state index in [-0.39, 0.29) is 5.56 Å². The van der Waals surface area contributed by atoms with Gasteiger partial charge in [0.25, 0.3) is 5.56 Å². The Labute approximate surface area is 132 Å². The van der Waals surface area contributed by atoms with Gasteiger partial charge in [-0.3, -0.25) is 14.3 Å². The molecule has 124 valence electrons. The van der Waals surface area contributed by atoms with Crippen LogP contribution < -0.4 is 21.0 Å². The van der Waals surface area contributed by atoms with Gasteiger partial charge in [-0.25, -0.2) is 4.79 Å². The van der Waals surface area contributed by atoms with Crippen molar-refractivity contribution in [3.8, 4) is 0 Å². The van der Waals surface area contributed by atoms with Gasteiger partial charge in [-0.15, -0.1) is 0 Å². The smallest absolute Gasteiger partial charge is 0.329 e. The number of aromatic amines is 1. The normalized spacial score (nSPS) is 18.7. The van der Waals surface area contributed by atoms with Crippen LogP contribution in [0.3, 0.4) is 0 Å². The Morgan fingerprint density at radius 1 is 1.26 bits per heavy atom. The molecule has 0 aromatic carbocycles. The fourth-order valence-corrected chi connectivity index (χ4v) is 3.41. The van der Waals surface area contributed by atoms with Crippen molar-refractivity contribution >= 4 is 17.1 Å². The molecule has 2 aliphatic heterocycles. The molecule has 4 heterocycles. The van der Waals surface area contributed by atoms with Gasteiger partial charge in [-0.2, -0.15) is 4.98 Å². The Morgan fingerprint density at radius 3 is 2.83 bits per heavy atom. The monoisotopic (exact) mass is 321 g/mol. The molecule has 4 rings (SSSR count). The molecule has 0 aliphatic carbocycles. The summed E-state index contributed by atoms with van der Waals surface area (Å²) in [5.41, 5.74) is 0.159. The Balaban J connectivity index is 1.62. The molecule has 2 aromatic rings. The molecule has 0 bridgehead atoms. The van der Waals surface area contributed by atoms with Crippen LogP contribution in [-0.2, 0) is 18.3 Å². The lowest BCUT2D eigenvalue weighted by atomic mass is 10.4. The maximum Gasteiger partial charge on any atom is 0.329 e. The van der Waals surface area contributed by atoms with Gasteiger partial charge < -0.3 is 19.1 Å². The van der Waals surface area contributed by atoms with Crippen LogP contribution in [0.2, 0.25) is 0 Å². The lowest BCUT2D eigenvalue weighted by molar-refractivity contribution is -0.906. The number of fused-ring (bicyclic) bond motifs is 3. The summed E-state index contributed by atoms with van der Waals surface area (Å²) in [4.78, 5) is 34.5. The molecule has 0 unspecified atom stereocenters. The maximum atomic E-state index is 12.1. The summed E-state index contributed by atoms with van der Waals surface area (Å²) in [6.45, 7) is 7.23. The highest BCUT2D eigenvalue weighted by Gasteiger charge is 2.27. The van der Waals surface area contributed by atoms with Gasteiger partial charge in [0.2, 0.25) is 5.95 Å². The molecular formula is C14H21N6O3+. The first-order valence-electron chi connectivity index (χ1n) is 8.01. The molecule has 0 saturated carbocycles. The van der Waals surface area contributed by atoms with Crippen LogP contribution in [0, 0.1) is 0 Å². The highest BCUT2D eigenvalue weighted by Crippen LogP contribution is 2.23. The number of rotatable bonds is 3. The number of H-pyrrole nitrogens is 1. The summed E-state index contributed by atoms with van der Waals surface area (Å²) in [6.07, 6.45) is 0. The number of anilines is 1.